The third-order valence-electron chi connectivity index (χ3n) is 2.60. The van der Waals surface area contributed by atoms with Crippen LogP contribution in [-0.4, -0.2) is 12.0 Å². The number of methoxy groups -OCH3 is 1. The van der Waals surface area contributed by atoms with Gasteiger partial charge in [-0.25, -0.2) is 0 Å². The second kappa shape index (κ2) is 6.40. The summed E-state index contributed by atoms with van der Waals surface area (Å²) < 4.78 is 6.63. The second-order valence-electron chi connectivity index (χ2n) is 3.89. The molecule has 20 heavy (non-hydrogen) atoms. The SMILES string of the molecule is COc1ccc(Br)c(Nc2ccc([N+](=O)[O-])c(I)c2)c1. The first-order valence-corrected chi connectivity index (χ1v) is 7.43. The second-order valence-corrected chi connectivity index (χ2v) is 5.91. The van der Waals surface area contributed by atoms with Crippen molar-refractivity contribution in [2.75, 3.05) is 12.4 Å². The predicted octanol–water partition coefficient (Wildman–Crippen LogP) is 4.71. The molecular weight excluding hydrogens is 439 g/mol. The number of nitro benzene ring substituents is 1. The summed E-state index contributed by atoms with van der Waals surface area (Å²) in [6.07, 6.45) is 0. The molecule has 2 rings (SSSR count). The Morgan fingerprint density at radius 1 is 1.30 bits per heavy atom. The number of ether oxygens (including phenoxy) is 1. The molecule has 1 N–H and O–H groups in total. The first kappa shape index (κ1) is 15.0. The topological polar surface area (TPSA) is 64.4 Å². The minimum absolute atomic E-state index is 0.0980. The Bertz CT molecular complexity index is 664. The zero-order valence-corrected chi connectivity index (χ0v) is 14.1. The molecule has 0 saturated carbocycles. The van der Waals surface area contributed by atoms with E-state index < -0.39 is 4.92 Å². The summed E-state index contributed by atoms with van der Waals surface area (Å²) in [5.74, 6) is 0.729. The van der Waals surface area contributed by atoms with E-state index in [4.69, 9.17) is 4.74 Å². The molecule has 0 amide bonds. The van der Waals surface area contributed by atoms with E-state index in [-0.39, 0.29) is 5.69 Å². The van der Waals surface area contributed by atoms with Gasteiger partial charge in [0, 0.05) is 22.3 Å². The number of hydrogen-bond donors (Lipinski definition) is 1. The highest BCUT2D eigenvalue weighted by molar-refractivity contribution is 14.1. The lowest BCUT2D eigenvalue weighted by molar-refractivity contribution is -0.385. The van der Waals surface area contributed by atoms with E-state index in [1.54, 1.807) is 19.2 Å². The standard InChI is InChI=1S/C13H10BrIN2O3/c1-20-9-3-4-10(14)12(7-9)16-8-2-5-13(17(18)19)11(15)6-8/h2-7,16H,1H3. The Morgan fingerprint density at radius 3 is 2.65 bits per heavy atom. The zero-order chi connectivity index (χ0) is 14.7. The maximum Gasteiger partial charge on any atom is 0.282 e. The summed E-state index contributed by atoms with van der Waals surface area (Å²) in [4.78, 5) is 10.4. The van der Waals surface area contributed by atoms with Crippen molar-refractivity contribution in [1.82, 2.24) is 0 Å². The van der Waals surface area contributed by atoms with Crippen molar-refractivity contribution in [3.05, 3.63) is 54.6 Å². The van der Waals surface area contributed by atoms with E-state index in [0.717, 1.165) is 21.6 Å². The van der Waals surface area contributed by atoms with E-state index in [9.17, 15) is 10.1 Å². The first-order chi connectivity index (χ1) is 9.51. The molecule has 5 nitrogen and oxygen atoms in total. The van der Waals surface area contributed by atoms with Crippen LogP contribution in [0.1, 0.15) is 0 Å². The molecule has 0 atom stereocenters. The summed E-state index contributed by atoms with van der Waals surface area (Å²) in [5, 5.41) is 14.0. The van der Waals surface area contributed by atoms with Gasteiger partial charge in [-0.15, -0.1) is 0 Å². The molecule has 104 valence electrons. The molecule has 0 aliphatic rings. The van der Waals surface area contributed by atoms with Crippen molar-refractivity contribution in [3.8, 4) is 5.75 Å². The molecule has 0 aromatic heterocycles. The van der Waals surface area contributed by atoms with Gasteiger partial charge in [-0.1, -0.05) is 0 Å². The number of halogens is 2. The fourth-order valence-electron chi connectivity index (χ4n) is 1.62. The Morgan fingerprint density at radius 2 is 2.05 bits per heavy atom. The molecule has 2 aromatic rings. The van der Waals surface area contributed by atoms with Gasteiger partial charge in [0.15, 0.2) is 0 Å². The van der Waals surface area contributed by atoms with Gasteiger partial charge in [-0.05, 0) is 62.8 Å². The molecule has 0 spiro atoms. The average Bonchev–Trinajstić information content (AvgIpc) is 2.41. The third-order valence-corrected chi connectivity index (χ3v) is 4.15. The minimum atomic E-state index is -0.396. The molecule has 0 unspecified atom stereocenters. The summed E-state index contributed by atoms with van der Waals surface area (Å²) in [5.41, 5.74) is 1.70. The molecule has 0 fully saturated rings. The van der Waals surface area contributed by atoms with Crippen molar-refractivity contribution in [3.63, 3.8) is 0 Å². The monoisotopic (exact) mass is 448 g/mol. The molecule has 2 aromatic carbocycles. The number of benzene rings is 2. The molecule has 0 heterocycles. The summed E-state index contributed by atoms with van der Waals surface area (Å²) >= 11 is 5.39. The van der Waals surface area contributed by atoms with Crippen LogP contribution in [0.25, 0.3) is 0 Å². The first-order valence-electron chi connectivity index (χ1n) is 5.56. The Labute approximate surface area is 137 Å². The van der Waals surface area contributed by atoms with Crippen molar-refractivity contribution in [2.24, 2.45) is 0 Å². The van der Waals surface area contributed by atoms with Crippen LogP contribution in [-0.2, 0) is 0 Å². The highest BCUT2D eigenvalue weighted by atomic mass is 127. The van der Waals surface area contributed by atoms with E-state index in [0.29, 0.717) is 3.57 Å². The number of nitro groups is 1. The Balaban J connectivity index is 2.30. The maximum absolute atomic E-state index is 10.8. The van der Waals surface area contributed by atoms with E-state index >= 15 is 0 Å². The van der Waals surface area contributed by atoms with Crippen molar-refractivity contribution >= 4 is 55.6 Å². The van der Waals surface area contributed by atoms with Gasteiger partial charge in [0.1, 0.15) is 5.75 Å². The van der Waals surface area contributed by atoms with Gasteiger partial charge in [-0.2, -0.15) is 0 Å². The van der Waals surface area contributed by atoms with Crippen LogP contribution >= 0.6 is 38.5 Å². The minimum Gasteiger partial charge on any atom is -0.497 e. The van der Waals surface area contributed by atoms with Gasteiger partial charge >= 0.3 is 0 Å². The van der Waals surface area contributed by atoms with Gasteiger partial charge in [0.05, 0.1) is 21.3 Å². The van der Waals surface area contributed by atoms with Crippen LogP contribution in [0.2, 0.25) is 0 Å². The van der Waals surface area contributed by atoms with Gasteiger partial charge in [0.2, 0.25) is 0 Å². The van der Waals surface area contributed by atoms with Crippen LogP contribution in [0, 0.1) is 13.7 Å². The number of nitrogens with zero attached hydrogens (tertiary/aromatic N) is 1. The van der Waals surface area contributed by atoms with Gasteiger partial charge in [0.25, 0.3) is 5.69 Å². The Hall–Kier alpha value is -1.35. The number of nitrogens with one attached hydrogen (secondary N) is 1. The lowest BCUT2D eigenvalue weighted by Gasteiger charge is -2.10. The lowest BCUT2D eigenvalue weighted by atomic mass is 10.2. The fraction of sp³-hybridized carbons (Fsp3) is 0.0769. The third kappa shape index (κ3) is 3.40. The normalized spacial score (nSPS) is 10.2. The van der Waals surface area contributed by atoms with E-state index in [1.165, 1.54) is 6.07 Å². The summed E-state index contributed by atoms with van der Waals surface area (Å²) in [6.45, 7) is 0. The lowest BCUT2D eigenvalue weighted by Crippen LogP contribution is -1.96. The quantitative estimate of drug-likeness (QED) is 0.417. The Kier molecular flexibility index (Phi) is 4.81. The molecule has 0 saturated heterocycles. The predicted molar refractivity (Wildman–Crippen MR) is 89.8 cm³/mol. The molecule has 0 radical (unpaired) electrons. The number of anilines is 2. The largest absolute Gasteiger partial charge is 0.497 e. The highest BCUT2D eigenvalue weighted by Crippen LogP contribution is 2.31. The smallest absolute Gasteiger partial charge is 0.282 e. The van der Waals surface area contributed by atoms with Crippen LogP contribution in [0.5, 0.6) is 5.75 Å². The van der Waals surface area contributed by atoms with Crippen molar-refractivity contribution in [2.45, 2.75) is 0 Å². The maximum atomic E-state index is 10.8. The molecule has 0 bridgehead atoms. The number of hydrogen-bond acceptors (Lipinski definition) is 4. The van der Waals surface area contributed by atoms with Crippen LogP contribution in [0.15, 0.2) is 40.9 Å². The number of rotatable bonds is 4. The van der Waals surface area contributed by atoms with E-state index in [1.807, 2.05) is 40.8 Å². The molecule has 7 heteroatoms. The van der Waals surface area contributed by atoms with Crippen LogP contribution in [0.3, 0.4) is 0 Å². The van der Waals surface area contributed by atoms with Crippen molar-refractivity contribution < 1.29 is 9.66 Å². The van der Waals surface area contributed by atoms with Gasteiger partial charge in [-0.3, -0.25) is 10.1 Å². The fourth-order valence-corrected chi connectivity index (χ4v) is 2.67. The van der Waals surface area contributed by atoms with Crippen molar-refractivity contribution in [1.29, 1.82) is 0 Å². The van der Waals surface area contributed by atoms with Crippen LogP contribution in [0.4, 0.5) is 17.1 Å². The molecule has 0 aliphatic carbocycles. The zero-order valence-electron chi connectivity index (χ0n) is 10.4. The van der Waals surface area contributed by atoms with Gasteiger partial charge < -0.3 is 10.1 Å². The van der Waals surface area contributed by atoms with Crippen LogP contribution < -0.4 is 10.1 Å². The summed E-state index contributed by atoms with van der Waals surface area (Å²) in [6, 6.07) is 10.4. The molecule has 0 aliphatic heterocycles. The summed E-state index contributed by atoms with van der Waals surface area (Å²) in [7, 11) is 1.60. The molecular formula is C13H10BrIN2O3. The highest BCUT2D eigenvalue weighted by Gasteiger charge is 2.12. The van der Waals surface area contributed by atoms with E-state index in [2.05, 4.69) is 21.2 Å². The average molecular weight is 449 g/mol.